The Kier molecular flexibility index (Phi) is 5.62. The molecule has 0 saturated carbocycles. The summed E-state index contributed by atoms with van der Waals surface area (Å²) in [6.45, 7) is 4.86. The van der Waals surface area contributed by atoms with E-state index in [2.05, 4.69) is 11.3 Å². The minimum absolute atomic E-state index is 0.0488. The van der Waals surface area contributed by atoms with E-state index in [1.54, 1.807) is 18.3 Å². The predicted octanol–water partition coefficient (Wildman–Crippen LogP) is 4.54. The van der Waals surface area contributed by atoms with Crippen molar-refractivity contribution >= 4 is 32.6 Å². The van der Waals surface area contributed by atoms with Crippen LogP contribution in [0, 0.1) is 0 Å². The van der Waals surface area contributed by atoms with Gasteiger partial charge < -0.3 is 9.30 Å². The Balaban J connectivity index is 1.94. The molecular formula is C20H17F3N2O4S. The third-order valence-corrected chi connectivity index (χ3v) is 5.54. The molecule has 0 fully saturated rings. The van der Waals surface area contributed by atoms with Crippen LogP contribution in [-0.4, -0.2) is 19.0 Å². The molecule has 3 aromatic rings. The zero-order valence-electron chi connectivity index (χ0n) is 15.7. The van der Waals surface area contributed by atoms with Crippen molar-refractivity contribution in [3.05, 3.63) is 72.6 Å². The predicted molar refractivity (Wildman–Crippen MR) is 105 cm³/mol. The summed E-state index contributed by atoms with van der Waals surface area (Å²) in [5.41, 5.74) is -0.713. The van der Waals surface area contributed by atoms with E-state index in [0.29, 0.717) is 17.0 Å². The largest absolute Gasteiger partial charge is 0.431 e. The maximum Gasteiger partial charge on any atom is 0.417 e. The third-order valence-electron chi connectivity index (χ3n) is 4.10. The van der Waals surface area contributed by atoms with Crippen LogP contribution in [0.25, 0.3) is 10.9 Å². The van der Waals surface area contributed by atoms with Crippen molar-refractivity contribution in [3.8, 4) is 0 Å². The van der Waals surface area contributed by atoms with E-state index < -0.39 is 32.6 Å². The monoisotopic (exact) mass is 438 g/mol. The number of halogens is 3. The lowest BCUT2D eigenvalue weighted by Crippen LogP contribution is -2.19. The van der Waals surface area contributed by atoms with Crippen LogP contribution in [0.5, 0.6) is 0 Å². The SMILES string of the molecule is C=C(C)OC(=O)Cn1ccc2ccc(NS(=O)(=O)c3ccccc3C(F)(F)F)cc21. The molecule has 10 heteroatoms. The molecule has 158 valence electrons. The quantitative estimate of drug-likeness (QED) is 0.453. The lowest BCUT2D eigenvalue weighted by atomic mass is 10.2. The van der Waals surface area contributed by atoms with Gasteiger partial charge in [-0.05, 0) is 42.6 Å². The third kappa shape index (κ3) is 4.65. The number of aromatic nitrogens is 1. The zero-order chi connectivity index (χ0) is 22.1. The Morgan fingerprint density at radius 3 is 2.53 bits per heavy atom. The number of esters is 1. The number of sulfonamides is 1. The summed E-state index contributed by atoms with van der Waals surface area (Å²) >= 11 is 0. The molecule has 2 aromatic carbocycles. The molecule has 1 aromatic heterocycles. The minimum Gasteiger partial charge on any atom is -0.431 e. The summed E-state index contributed by atoms with van der Waals surface area (Å²) in [5, 5.41) is 0.705. The van der Waals surface area contributed by atoms with Gasteiger partial charge in [0.25, 0.3) is 10.0 Å². The van der Waals surface area contributed by atoms with Gasteiger partial charge in [0.05, 0.1) is 27.4 Å². The number of nitrogens with zero attached hydrogens (tertiary/aromatic N) is 1. The number of carbonyl (C=O) groups is 1. The number of nitrogens with one attached hydrogen (secondary N) is 1. The van der Waals surface area contributed by atoms with Crippen molar-refractivity contribution in [1.82, 2.24) is 4.57 Å². The normalized spacial score (nSPS) is 12.0. The highest BCUT2D eigenvalue weighted by Gasteiger charge is 2.36. The average molecular weight is 438 g/mol. The van der Waals surface area contributed by atoms with Crippen molar-refractivity contribution in [2.45, 2.75) is 24.5 Å². The second-order valence-electron chi connectivity index (χ2n) is 6.49. The molecule has 3 rings (SSSR count). The molecular weight excluding hydrogens is 421 g/mol. The number of anilines is 1. The highest BCUT2D eigenvalue weighted by molar-refractivity contribution is 7.92. The first kappa shape index (κ1) is 21.4. The lowest BCUT2D eigenvalue weighted by molar-refractivity contribution is -0.140. The van der Waals surface area contributed by atoms with Gasteiger partial charge in [0.15, 0.2) is 0 Å². The molecule has 0 aliphatic heterocycles. The maximum absolute atomic E-state index is 13.2. The summed E-state index contributed by atoms with van der Waals surface area (Å²) in [7, 11) is -4.51. The summed E-state index contributed by atoms with van der Waals surface area (Å²) in [6, 6.07) is 10.1. The van der Waals surface area contributed by atoms with Crippen LogP contribution in [-0.2, 0) is 32.3 Å². The summed E-state index contributed by atoms with van der Waals surface area (Å²) in [6.07, 6.45) is -3.21. The molecule has 1 N–H and O–H groups in total. The molecule has 0 amide bonds. The molecule has 6 nitrogen and oxygen atoms in total. The van der Waals surface area contributed by atoms with E-state index in [9.17, 15) is 26.4 Å². The Bertz CT molecular complexity index is 1230. The van der Waals surface area contributed by atoms with Crippen LogP contribution in [0.4, 0.5) is 18.9 Å². The van der Waals surface area contributed by atoms with E-state index in [0.717, 1.165) is 12.1 Å². The van der Waals surface area contributed by atoms with E-state index in [4.69, 9.17) is 4.74 Å². The number of alkyl halides is 3. The Labute approximate surface area is 170 Å². The number of rotatable bonds is 6. The number of hydrogen-bond acceptors (Lipinski definition) is 4. The van der Waals surface area contributed by atoms with Crippen LogP contribution >= 0.6 is 0 Å². The van der Waals surface area contributed by atoms with Crippen molar-refractivity contribution in [2.75, 3.05) is 4.72 Å². The highest BCUT2D eigenvalue weighted by Crippen LogP contribution is 2.34. The molecule has 0 spiro atoms. The van der Waals surface area contributed by atoms with Gasteiger partial charge in [0.2, 0.25) is 0 Å². The molecule has 0 bridgehead atoms. The first-order valence-electron chi connectivity index (χ1n) is 8.61. The molecule has 0 aliphatic rings. The van der Waals surface area contributed by atoms with Crippen LogP contribution in [0.3, 0.4) is 0 Å². The van der Waals surface area contributed by atoms with E-state index in [-0.39, 0.29) is 18.0 Å². The van der Waals surface area contributed by atoms with Crippen LogP contribution in [0.1, 0.15) is 12.5 Å². The number of ether oxygens (including phenoxy) is 1. The second kappa shape index (κ2) is 7.86. The number of hydrogen-bond donors (Lipinski definition) is 1. The minimum atomic E-state index is -4.83. The molecule has 0 atom stereocenters. The van der Waals surface area contributed by atoms with Crippen molar-refractivity contribution < 1.29 is 31.1 Å². The second-order valence-corrected chi connectivity index (χ2v) is 8.14. The van der Waals surface area contributed by atoms with Gasteiger partial charge in [-0.1, -0.05) is 24.8 Å². The Hall–Kier alpha value is -3.27. The van der Waals surface area contributed by atoms with Crippen molar-refractivity contribution in [3.63, 3.8) is 0 Å². The number of benzene rings is 2. The van der Waals surface area contributed by atoms with Gasteiger partial charge in [0, 0.05) is 6.20 Å². The van der Waals surface area contributed by atoms with Crippen LogP contribution in [0.2, 0.25) is 0 Å². The fourth-order valence-corrected chi connectivity index (χ4v) is 4.17. The number of fused-ring (bicyclic) bond motifs is 1. The zero-order valence-corrected chi connectivity index (χ0v) is 16.5. The molecule has 0 aliphatic carbocycles. The summed E-state index contributed by atoms with van der Waals surface area (Å²) < 4.78 is 73.5. The van der Waals surface area contributed by atoms with Crippen molar-refractivity contribution in [1.29, 1.82) is 0 Å². The van der Waals surface area contributed by atoms with Gasteiger partial charge in [0.1, 0.15) is 6.54 Å². The van der Waals surface area contributed by atoms with Crippen molar-refractivity contribution in [2.24, 2.45) is 0 Å². The summed E-state index contributed by atoms with van der Waals surface area (Å²) in [5.74, 6) is -0.335. The standard InChI is InChI=1S/C20H17F3N2O4S/c1-13(2)29-19(26)12-25-10-9-14-7-8-15(11-17(14)25)24-30(27,28)18-6-4-3-5-16(18)20(21,22)23/h3-11,24H,1,12H2,2H3. The molecule has 1 heterocycles. The van der Waals surface area contributed by atoms with Gasteiger partial charge in [-0.3, -0.25) is 4.72 Å². The van der Waals surface area contributed by atoms with E-state index in [1.165, 1.54) is 29.7 Å². The maximum atomic E-state index is 13.2. The van der Waals surface area contributed by atoms with Gasteiger partial charge >= 0.3 is 12.1 Å². The Morgan fingerprint density at radius 2 is 1.87 bits per heavy atom. The smallest absolute Gasteiger partial charge is 0.417 e. The van der Waals surface area contributed by atoms with Gasteiger partial charge in [-0.2, -0.15) is 13.2 Å². The van der Waals surface area contributed by atoms with Crippen LogP contribution < -0.4 is 4.72 Å². The Morgan fingerprint density at radius 1 is 1.17 bits per heavy atom. The first-order chi connectivity index (χ1) is 14.0. The number of carbonyl (C=O) groups excluding carboxylic acids is 1. The van der Waals surface area contributed by atoms with Gasteiger partial charge in [-0.15, -0.1) is 0 Å². The van der Waals surface area contributed by atoms with E-state index >= 15 is 0 Å². The van der Waals surface area contributed by atoms with E-state index in [1.807, 2.05) is 0 Å². The fraction of sp³-hybridized carbons (Fsp3) is 0.150. The molecule has 0 unspecified atom stereocenters. The molecule has 0 radical (unpaired) electrons. The highest BCUT2D eigenvalue weighted by atomic mass is 32.2. The lowest BCUT2D eigenvalue weighted by Gasteiger charge is -2.14. The first-order valence-corrected chi connectivity index (χ1v) is 10.1. The summed E-state index contributed by atoms with van der Waals surface area (Å²) in [4.78, 5) is 11.0. The molecule has 30 heavy (non-hydrogen) atoms. The topological polar surface area (TPSA) is 77.4 Å². The molecule has 0 saturated heterocycles. The number of allylic oxidation sites excluding steroid dienone is 1. The van der Waals surface area contributed by atoms with Crippen LogP contribution in [0.15, 0.2) is 72.0 Å². The fourth-order valence-electron chi connectivity index (χ4n) is 2.90. The van der Waals surface area contributed by atoms with Gasteiger partial charge in [-0.25, -0.2) is 13.2 Å². The average Bonchev–Trinajstić information content (AvgIpc) is 3.02.